The molecule has 0 aliphatic carbocycles. The Morgan fingerprint density at radius 1 is 1.29 bits per heavy atom. The SMILES string of the molecule is CCc1nccc(CN2CC[C@H](c3ccccc3Cl)C2)n1. The van der Waals surface area contributed by atoms with Crippen LogP contribution in [0.3, 0.4) is 0 Å². The maximum atomic E-state index is 6.31. The van der Waals surface area contributed by atoms with Crippen LogP contribution in [0.4, 0.5) is 0 Å². The first-order valence-corrected chi connectivity index (χ1v) is 7.91. The summed E-state index contributed by atoms with van der Waals surface area (Å²) in [6.45, 7) is 5.13. The first kappa shape index (κ1) is 14.5. The van der Waals surface area contributed by atoms with Crippen LogP contribution in [0.5, 0.6) is 0 Å². The van der Waals surface area contributed by atoms with Gasteiger partial charge in [-0.15, -0.1) is 0 Å². The van der Waals surface area contributed by atoms with Gasteiger partial charge in [-0.3, -0.25) is 4.90 Å². The molecule has 1 aromatic carbocycles. The van der Waals surface area contributed by atoms with Gasteiger partial charge in [0.15, 0.2) is 0 Å². The van der Waals surface area contributed by atoms with Crippen molar-refractivity contribution in [3.8, 4) is 0 Å². The fraction of sp³-hybridized carbons (Fsp3) is 0.412. The molecular weight excluding hydrogens is 282 g/mol. The summed E-state index contributed by atoms with van der Waals surface area (Å²) in [5.41, 5.74) is 2.39. The summed E-state index contributed by atoms with van der Waals surface area (Å²) in [4.78, 5) is 11.3. The maximum absolute atomic E-state index is 6.31. The van der Waals surface area contributed by atoms with Crippen molar-refractivity contribution >= 4 is 11.6 Å². The largest absolute Gasteiger partial charge is 0.297 e. The first-order chi connectivity index (χ1) is 10.3. The lowest BCUT2D eigenvalue weighted by atomic mass is 9.98. The minimum atomic E-state index is 0.534. The summed E-state index contributed by atoms with van der Waals surface area (Å²) in [6, 6.07) is 10.2. The molecule has 1 atom stereocenters. The van der Waals surface area contributed by atoms with E-state index < -0.39 is 0 Å². The summed E-state index contributed by atoms with van der Waals surface area (Å²) >= 11 is 6.31. The Hall–Kier alpha value is -1.45. The van der Waals surface area contributed by atoms with Crippen LogP contribution in [0.1, 0.15) is 36.3 Å². The van der Waals surface area contributed by atoms with E-state index in [4.69, 9.17) is 11.6 Å². The molecule has 3 rings (SSSR count). The molecule has 2 aromatic rings. The lowest BCUT2D eigenvalue weighted by Crippen LogP contribution is -2.20. The van der Waals surface area contributed by atoms with Crippen molar-refractivity contribution in [3.05, 3.63) is 58.6 Å². The summed E-state index contributed by atoms with van der Waals surface area (Å²) in [5.74, 6) is 1.46. The quantitative estimate of drug-likeness (QED) is 0.862. The topological polar surface area (TPSA) is 29.0 Å². The molecule has 110 valence electrons. The molecule has 0 bridgehead atoms. The molecule has 3 nitrogen and oxygen atoms in total. The summed E-state index contributed by atoms with van der Waals surface area (Å²) in [6.07, 6.45) is 3.91. The van der Waals surface area contributed by atoms with Crippen LogP contribution in [-0.2, 0) is 13.0 Å². The standard InChI is InChI=1S/C17H20ClN3/c1-2-17-19-9-7-14(20-17)12-21-10-8-13(11-21)15-5-3-4-6-16(15)18/h3-7,9,13H,2,8,10-12H2,1H3/t13-/m0/s1. The van der Waals surface area contributed by atoms with Crippen LogP contribution >= 0.6 is 11.6 Å². The highest BCUT2D eigenvalue weighted by atomic mass is 35.5. The zero-order valence-electron chi connectivity index (χ0n) is 12.3. The molecule has 0 amide bonds. The number of aromatic nitrogens is 2. The summed E-state index contributed by atoms with van der Waals surface area (Å²) in [5, 5.41) is 0.889. The number of rotatable bonds is 4. The molecule has 21 heavy (non-hydrogen) atoms. The van der Waals surface area contributed by atoms with Crippen LogP contribution in [-0.4, -0.2) is 28.0 Å². The highest BCUT2D eigenvalue weighted by Gasteiger charge is 2.25. The van der Waals surface area contributed by atoms with Crippen molar-refractivity contribution in [1.29, 1.82) is 0 Å². The Morgan fingerprint density at radius 2 is 2.14 bits per heavy atom. The molecule has 2 heterocycles. The number of hydrogen-bond acceptors (Lipinski definition) is 3. The van der Waals surface area contributed by atoms with Crippen LogP contribution in [0.2, 0.25) is 5.02 Å². The molecule has 0 saturated carbocycles. The third-order valence-electron chi connectivity index (χ3n) is 4.08. The third kappa shape index (κ3) is 3.42. The molecule has 1 aliphatic heterocycles. The Labute approximate surface area is 131 Å². The van der Waals surface area contributed by atoms with Gasteiger partial charge < -0.3 is 0 Å². The zero-order chi connectivity index (χ0) is 14.7. The van der Waals surface area contributed by atoms with Crippen molar-refractivity contribution in [2.24, 2.45) is 0 Å². The van der Waals surface area contributed by atoms with Crippen molar-refractivity contribution in [2.75, 3.05) is 13.1 Å². The molecule has 1 saturated heterocycles. The van der Waals surface area contributed by atoms with Crippen molar-refractivity contribution in [2.45, 2.75) is 32.2 Å². The third-order valence-corrected chi connectivity index (χ3v) is 4.43. The van der Waals surface area contributed by atoms with E-state index in [0.717, 1.165) is 49.0 Å². The van der Waals surface area contributed by atoms with Crippen LogP contribution in [0.25, 0.3) is 0 Å². The van der Waals surface area contributed by atoms with E-state index in [9.17, 15) is 0 Å². The van der Waals surface area contributed by atoms with Crippen LogP contribution < -0.4 is 0 Å². The molecular formula is C17H20ClN3. The van der Waals surface area contributed by atoms with Gasteiger partial charge in [0, 0.05) is 30.7 Å². The lowest BCUT2D eigenvalue weighted by Gasteiger charge is -2.16. The fourth-order valence-electron chi connectivity index (χ4n) is 2.97. The van der Waals surface area contributed by atoms with Crippen molar-refractivity contribution in [3.63, 3.8) is 0 Å². The van der Waals surface area contributed by atoms with Gasteiger partial charge in [0.25, 0.3) is 0 Å². The molecule has 4 heteroatoms. The van der Waals surface area contributed by atoms with Gasteiger partial charge in [-0.25, -0.2) is 9.97 Å². The summed E-state index contributed by atoms with van der Waals surface area (Å²) < 4.78 is 0. The molecule has 0 unspecified atom stereocenters. The second-order valence-corrected chi connectivity index (χ2v) is 5.97. The van der Waals surface area contributed by atoms with E-state index in [2.05, 4.69) is 33.9 Å². The van der Waals surface area contributed by atoms with Gasteiger partial charge in [0.2, 0.25) is 0 Å². The number of benzene rings is 1. The molecule has 1 aliphatic rings. The smallest absolute Gasteiger partial charge is 0.128 e. The van der Waals surface area contributed by atoms with E-state index in [1.54, 1.807) is 0 Å². The number of likely N-dealkylation sites (tertiary alicyclic amines) is 1. The normalized spacial score (nSPS) is 19.0. The van der Waals surface area contributed by atoms with E-state index >= 15 is 0 Å². The number of nitrogens with zero attached hydrogens (tertiary/aromatic N) is 3. The highest BCUT2D eigenvalue weighted by molar-refractivity contribution is 6.31. The number of aryl methyl sites for hydroxylation is 1. The molecule has 1 aromatic heterocycles. The second kappa shape index (κ2) is 6.54. The minimum Gasteiger partial charge on any atom is -0.297 e. The van der Waals surface area contributed by atoms with Crippen LogP contribution in [0.15, 0.2) is 36.5 Å². The Morgan fingerprint density at radius 3 is 2.95 bits per heavy atom. The van der Waals surface area contributed by atoms with E-state index in [1.165, 1.54) is 5.56 Å². The van der Waals surface area contributed by atoms with Crippen LogP contribution in [0, 0.1) is 0 Å². The van der Waals surface area contributed by atoms with Crippen molar-refractivity contribution < 1.29 is 0 Å². The average molecular weight is 302 g/mol. The predicted octanol–water partition coefficient (Wildman–Crippen LogP) is 3.68. The van der Waals surface area contributed by atoms with E-state index in [1.807, 2.05) is 24.4 Å². The monoisotopic (exact) mass is 301 g/mol. The second-order valence-electron chi connectivity index (χ2n) is 5.56. The molecule has 1 fully saturated rings. The van der Waals surface area contributed by atoms with E-state index in [-0.39, 0.29) is 0 Å². The maximum Gasteiger partial charge on any atom is 0.128 e. The van der Waals surface area contributed by atoms with Gasteiger partial charge in [-0.1, -0.05) is 36.7 Å². The number of hydrogen-bond donors (Lipinski definition) is 0. The lowest BCUT2D eigenvalue weighted by molar-refractivity contribution is 0.322. The summed E-state index contributed by atoms with van der Waals surface area (Å²) in [7, 11) is 0. The highest BCUT2D eigenvalue weighted by Crippen LogP contribution is 2.32. The first-order valence-electron chi connectivity index (χ1n) is 7.54. The molecule has 0 radical (unpaired) electrons. The Balaban J connectivity index is 1.66. The van der Waals surface area contributed by atoms with Crippen molar-refractivity contribution in [1.82, 2.24) is 14.9 Å². The fourth-order valence-corrected chi connectivity index (χ4v) is 3.26. The Kier molecular flexibility index (Phi) is 4.51. The predicted molar refractivity (Wildman–Crippen MR) is 85.5 cm³/mol. The van der Waals surface area contributed by atoms with E-state index in [0.29, 0.717) is 5.92 Å². The Bertz CT molecular complexity index is 614. The average Bonchev–Trinajstić information content (AvgIpc) is 2.96. The molecule has 0 N–H and O–H groups in total. The minimum absolute atomic E-state index is 0.534. The zero-order valence-corrected chi connectivity index (χ0v) is 13.1. The van der Waals surface area contributed by atoms with Gasteiger partial charge >= 0.3 is 0 Å². The van der Waals surface area contributed by atoms with Gasteiger partial charge in [-0.2, -0.15) is 0 Å². The van der Waals surface area contributed by atoms with Gasteiger partial charge in [0.1, 0.15) is 5.82 Å². The molecule has 0 spiro atoms. The number of halogens is 1. The van der Waals surface area contributed by atoms with Gasteiger partial charge in [-0.05, 0) is 36.6 Å². The van der Waals surface area contributed by atoms with Gasteiger partial charge in [0.05, 0.1) is 5.69 Å².